The number of anilines is 5. The predicted molar refractivity (Wildman–Crippen MR) is 128 cm³/mol. The van der Waals surface area contributed by atoms with Gasteiger partial charge in [0.05, 0.1) is 16.3 Å². The summed E-state index contributed by atoms with van der Waals surface area (Å²) in [7, 11) is -0.527. The number of nitrogens with one attached hydrogen (secondary N) is 2. The lowest BCUT2D eigenvalue weighted by atomic mass is 10.2. The van der Waals surface area contributed by atoms with Gasteiger partial charge < -0.3 is 20.4 Å². The van der Waals surface area contributed by atoms with Crippen molar-refractivity contribution in [3.8, 4) is 0 Å². The van der Waals surface area contributed by atoms with Crippen molar-refractivity contribution >= 4 is 56.3 Å². The molecule has 10 nitrogen and oxygen atoms in total. The highest BCUT2D eigenvalue weighted by Crippen LogP contribution is 2.32. The Morgan fingerprint density at radius 3 is 2.17 bits per heavy atom. The number of hydrogen-bond acceptors (Lipinski definition) is 9. The number of hydrogen-bond donors (Lipinski definition) is 2. The number of carbonyl (C=O) groups is 1. The van der Waals surface area contributed by atoms with Gasteiger partial charge in [-0.05, 0) is 46.9 Å². The lowest BCUT2D eigenvalue weighted by Gasteiger charge is -2.21. The summed E-state index contributed by atoms with van der Waals surface area (Å²) in [5.74, 6) is -1.96. The van der Waals surface area contributed by atoms with Gasteiger partial charge in [0.15, 0.2) is 0 Å². The molecule has 1 heterocycles. The molecule has 0 aliphatic rings. The van der Waals surface area contributed by atoms with Gasteiger partial charge in [-0.3, -0.25) is 0 Å². The minimum absolute atomic E-state index is 0.143. The number of alkyl halides is 3. The van der Waals surface area contributed by atoms with Crippen molar-refractivity contribution in [2.24, 2.45) is 0 Å². The summed E-state index contributed by atoms with van der Waals surface area (Å²) in [4.78, 5) is 24.6. The zero-order chi connectivity index (χ0) is 26.7. The van der Waals surface area contributed by atoms with Crippen LogP contribution in [0.15, 0.2) is 59.8 Å². The van der Waals surface area contributed by atoms with E-state index in [4.69, 9.17) is 11.6 Å². The Morgan fingerprint density at radius 2 is 1.58 bits per heavy atom. The zero-order valence-corrected chi connectivity index (χ0v) is 20.6. The molecule has 0 bridgehead atoms. The van der Waals surface area contributed by atoms with Gasteiger partial charge in [0.25, 0.3) is 10.0 Å². The highest BCUT2D eigenvalue weighted by atomic mass is 35.5. The molecule has 0 fully saturated rings. The average Bonchev–Trinajstić information content (AvgIpc) is 2.80. The Morgan fingerprint density at radius 1 is 0.972 bits per heavy atom. The van der Waals surface area contributed by atoms with Gasteiger partial charge in [0, 0.05) is 37.9 Å². The van der Waals surface area contributed by atoms with Gasteiger partial charge in [-0.25, -0.2) is 23.2 Å². The summed E-state index contributed by atoms with van der Waals surface area (Å²) in [5, 5.41) is 6.62. The van der Waals surface area contributed by atoms with Gasteiger partial charge in [-0.1, -0.05) is 11.6 Å². The molecule has 15 heteroatoms. The molecule has 192 valence electrons. The first kappa shape index (κ1) is 27.0. The number of aromatic nitrogens is 2. The van der Waals surface area contributed by atoms with Crippen LogP contribution >= 0.6 is 11.6 Å². The first-order valence-electron chi connectivity index (χ1n) is 9.98. The molecule has 3 aromatic rings. The van der Waals surface area contributed by atoms with Gasteiger partial charge in [-0.15, -0.1) is 0 Å². The lowest BCUT2D eigenvalue weighted by molar-refractivity contribution is -0.219. The highest BCUT2D eigenvalue weighted by Gasteiger charge is 2.43. The zero-order valence-electron chi connectivity index (χ0n) is 19.0. The molecule has 0 saturated heterocycles. The fourth-order valence-electron chi connectivity index (χ4n) is 2.84. The van der Waals surface area contributed by atoms with E-state index >= 15 is 0 Å². The molecule has 0 saturated carbocycles. The predicted octanol–water partition coefficient (Wildman–Crippen LogP) is 4.32. The van der Waals surface area contributed by atoms with Gasteiger partial charge in [0.1, 0.15) is 18.0 Å². The lowest BCUT2D eigenvalue weighted by Crippen LogP contribution is -2.36. The van der Waals surface area contributed by atoms with Gasteiger partial charge in [-0.2, -0.15) is 13.2 Å². The van der Waals surface area contributed by atoms with Crippen LogP contribution in [-0.2, 0) is 19.7 Å². The van der Waals surface area contributed by atoms with Crippen molar-refractivity contribution in [3.05, 3.63) is 59.9 Å². The molecule has 3 rings (SSSR count). The summed E-state index contributed by atoms with van der Waals surface area (Å²) in [6.45, 7) is 0. The molecule has 2 N–H and O–H groups in total. The maximum atomic E-state index is 12.8. The second-order valence-electron chi connectivity index (χ2n) is 7.41. The normalized spacial score (nSPS) is 11.8. The minimum atomic E-state index is -5.37. The molecule has 0 aliphatic heterocycles. The number of nitrogens with zero attached hydrogens (tertiary/aromatic N) is 4. The monoisotopic (exact) mass is 544 g/mol. The van der Waals surface area contributed by atoms with E-state index in [2.05, 4.69) is 25.4 Å². The summed E-state index contributed by atoms with van der Waals surface area (Å²) in [5.41, 5.74) is 1.50. The minimum Gasteiger partial charge on any atom is -0.376 e. The van der Waals surface area contributed by atoms with Crippen LogP contribution in [0.1, 0.15) is 0 Å². The molecule has 0 unspecified atom stereocenters. The quantitative estimate of drug-likeness (QED) is 0.400. The molecule has 0 radical (unpaired) electrons. The highest BCUT2D eigenvalue weighted by molar-refractivity contribution is 7.89. The van der Waals surface area contributed by atoms with Crippen LogP contribution in [-0.4, -0.2) is 56.1 Å². The van der Waals surface area contributed by atoms with E-state index in [1.165, 1.54) is 24.5 Å². The van der Waals surface area contributed by atoms with Gasteiger partial charge in [0.2, 0.25) is 0 Å². The van der Waals surface area contributed by atoms with E-state index in [1.54, 1.807) is 49.3 Å². The SMILES string of the molecule is CN(C)c1ccc(S(=O)(=O)N(C)OC(=O)C(F)(F)F)cc1Nc1cc(Nc2ccc(Cl)cc2)ncn1. The van der Waals surface area contributed by atoms with Crippen molar-refractivity contribution in [1.29, 1.82) is 0 Å². The first-order chi connectivity index (χ1) is 16.8. The number of halogens is 4. The van der Waals surface area contributed by atoms with Crippen LogP contribution in [0.2, 0.25) is 5.02 Å². The second-order valence-corrected chi connectivity index (χ2v) is 9.78. The third-order valence-electron chi connectivity index (χ3n) is 4.58. The van der Waals surface area contributed by atoms with E-state index in [0.29, 0.717) is 29.3 Å². The Bertz CT molecular complexity index is 1350. The molecular formula is C21H20ClF3N6O4S. The maximum Gasteiger partial charge on any atom is 0.492 e. The van der Waals surface area contributed by atoms with Crippen molar-refractivity contribution < 1.29 is 31.2 Å². The second kappa shape index (κ2) is 10.6. The summed E-state index contributed by atoms with van der Waals surface area (Å²) >= 11 is 5.89. The number of sulfonamides is 1. The number of hydroxylamine groups is 1. The van der Waals surface area contributed by atoms with E-state index in [9.17, 15) is 26.4 Å². The van der Waals surface area contributed by atoms with Crippen LogP contribution in [0.5, 0.6) is 0 Å². The molecule has 1 aromatic heterocycles. The third-order valence-corrected chi connectivity index (χ3v) is 6.43. The van der Waals surface area contributed by atoms with Crippen molar-refractivity contribution in [1.82, 2.24) is 14.4 Å². The number of carbonyl (C=O) groups excluding carboxylic acids is 1. The van der Waals surface area contributed by atoms with Gasteiger partial charge >= 0.3 is 12.1 Å². The van der Waals surface area contributed by atoms with E-state index in [0.717, 1.165) is 0 Å². The van der Waals surface area contributed by atoms with E-state index in [1.807, 2.05) is 0 Å². The fourth-order valence-corrected chi connectivity index (χ4v) is 3.94. The van der Waals surface area contributed by atoms with Crippen LogP contribution in [0, 0.1) is 0 Å². The Hall–Kier alpha value is -3.62. The van der Waals surface area contributed by atoms with Crippen LogP contribution in [0.4, 0.5) is 41.9 Å². The fraction of sp³-hybridized carbons (Fsp3) is 0.190. The van der Waals surface area contributed by atoms with E-state index in [-0.39, 0.29) is 16.0 Å². The number of benzene rings is 2. The smallest absolute Gasteiger partial charge is 0.376 e. The van der Waals surface area contributed by atoms with E-state index < -0.39 is 27.1 Å². The maximum absolute atomic E-state index is 12.8. The largest absolute Gasteiger partial charge is 0.492 e. The molecular weight excluding hydrogens is 525 g/mol. The molecule has 0 spiro atoms. The number of rotatable bonds is 8. The average molecular weight is 545 g/mol. The molecule has 0 aliphatic carbocycles. The molecule has 36 heavy (non-hydrogen) atoms. The van der Waals surface area contributed by atoms with Crippen LogP contribution < -0.4 is 15.5 Å². The van der Waals surface area contributed by atoms with Crippen molar-refractivity contribution in [2.45, 2.75) is 11.1 Å². The summed E-state index contributed by atoms with van der Waals surface area (Å²) < 4.78 is 62.9. The van der Waals surface area contributed by atoms with Crippen molar-refractivity contribution in [2.75, 3.05) is 36.7 Å². The first-order valence-corrected chi connectivity index (χ1v) is 11.8. The Kier molecular flexibility index (Phi) is 7.91. The summed E-state index contributed by atoms with van der Waals surface area (Å²) in [6, 6.07) is 12.2. The molecule has 0 amide bonds. The van der Waals surface area contributed by atoms with Crippen molar-refractivity contribution in [3.63, 3.8) is 0 Å². The topological polar surface area (TPSA) is 117 Å². The standard InChI is InChI=1S/C21H20ClF3N6O4S/c1-30(2)17-9-8-15(36(33,34)31(3)35-20(32)21(23,24)25)10-16(17)29-19-11-18(26-12-27-19)28-14-6-4-13(22)5-7-14/h4-12H,1-3H3,(H2,26,27,28,29). The van der Waals surface area contributed by atoms with Crippen LogP contribution in [0.25, 0.3) is 0 Å². The summed E-state index contributed by atoms with van der Waals surface area (Å²) in [6.07, 6.45) is -4.09. The Labute approximate surface area is 209 Å². The molecule has 0 atom stereocenters. The Balaban J connectivity index is 1.89. The third kappa shape index (κ3) is 6.53. The molecule has 2 aromatic carbocycles. The van der Waals surface area contributed by atoms with Crippen LogP contribution in [0.3, 0.4) is 0 Å².